The van der Waals surface area contributed by atoms with E-state index >= 15 is 0 Å². The van der Waals surface area contributed by atoms with E-state index in [1.54, 1.807) is 43.5 Å². The Morgan fingerprint density at radius 3 is 2.52 bits per heavy atom. The van der Waals surface area contributed by atoms with Crippen molar-refractivity contribution in [1.29, 1.82) is 0 Å². The molecule has 1 amide bonds. The highest BCUT2D eigenvalue weighted by Gasteiger charge is 2.10. The zero-order valence-corrected chi connectivity index (χ0v) is 17.4. The lowest BCUT2D eigenvalue weighted by Gasteiger charge is -2.10. The lowest BCUT2D eigenvalue weighted by Crippen LogP contribution is -2.12. The first-order valence-corrected chi connectivity index (χ1v) is 9.89. The number of methoxy groups -OCH3 is 1. The van der Waals surface area contributed by atoms with Crippen LogP contribution in [0.3, 0.4) is 0 Å². The third-order valence-corrected chi connectivity index (χ3v) is 4.84. The van der Waals surface area contributed by atoms with Gasteiger partial charge in [0.2, 0.25) is 0 Å². The summed E-state index contributed by atoms with van der Waals surface area (Å²) in [5.74, 6) is 0.927. The summed E-state index contributed by atoms with van der Waals surface area (Å²) in [4.78, 5) is 21.3. The second-order valence-electron chi connectivity index (χ2n) is 6.66. The van der Waals surface area contributed by atoms with Crippen LogP contribution in [0.25, 0.3) is 11.3 Å². The average molecular weight is 431 g/mol. The molecule has 0 unspecified atom stereocenters. The number of benzene rings is 3. The quantitative estimate of drug-likeness (QED) is 0.404. The molecule has 154 valence electrons. The number of hydrogen-bond acceptors (Lipinski definition) is 5. The van der Waals surface area contributed by atoms with Crippen molar-refractivity contribution in [2.24, 2.45) is 0 Å². The number of rotatable bonds is 6. The first-order valence-electron chi connectivity index (χ1n) is 9.52. The second-order valence-corrected chi connectivity index (χ2v) is 7.07. The van der Waals surface area contributed by atoms with Crippen molar-refractivity contribution in [2.75, 3.05) is 17.7 Å². The minimum atomic E-state index is -0.252. The van der Waals surface area contributed by atoms with Gasteiger partial charge >= 0.3 is 0 Å². The van der Waals surface area contributed by atoms with Crippen molar-refractivity contribution in [2.45, 2.75) is 0 Å². The number of anilines is 3. The molecule has 0 atom stereocenters. The van der Waals surface area contributed by atoms with E-state index in [0.29, 0.717) is 27.8 Å². The fourth-order valence-electron chi connectivity index (χ4n) is 3.03. The molecule has 7 heteroatoms. The van der Waals surface area contributed by atoms with Gasteiger partial charge in [0.25, 0.3) is 5.91 Å². The molecule has 0 fully saturated rings. The summed E-state index contributed by atoms with van der Waals surface area (Å²) in [6, 6.07) is 24.0. The Labute approximate surface area is 184 Å². The minimum Gasteiger partial charge on any atom is -0.495 e. The number of nitrogens with one attached hydrogen (secondary N) is 2. The maximum atomic E-state index is 12.7. The normalized spacial score (nSPS) is 10.4. The molecule has 6 nitrogen and oxygen atoms in total. The van der Waals surface area contributed by atoms with Crippen LogP contribution in [0.1, 0.15) is 10.4 Å². The molecular weight excluding hydrogens is 412 g/mol. The van der Waals surface area contributed by atoms with E-state index in [1.165, 1.54) is 6.33 Å². The monoisotopic (exact) mass is 430 g/mol. The maximum absolute atomic E-state index is 12.7. The number of carbonyl (C=O) groups excluding carboxylic acids is 1. The topological polar surface area (TPSA) is 76.1 Å². The summed E-state index contributed by atoms with van der Waals surface area (Å²) in [7, 11) is 1.54. The van der Waals surface area contributed by atoms with E-state index in [4.69, 9.17) is 16.3 Å². The lowest BCUT2D eigenvalue weighted by molar-refractivity contribution is 0.102. The van der Waals surface area contributed by atoms with Gasteiger partial charge in [0.1, 0.15) is 17.9 Å². The Morgan fingerprint density at radius 2 is 1.74 bits per heavy atom. The van der Waals surface area contributed by atoms with Crippen LogP contribution in [-0.4, -0.2) is 23.0 Å². The largest absolute Gasteiger partial charge is 0.495 e. The van der Waals surface area contributed by atoms with Crippen LogP contribution in [0, 0.1) is 0 Å². The van der Waals surface area contributed by atoms with E-state index in [-0.39, 0.29) is 5.91 Å². The predicted molar refractivity (Wildman–Crippen MR) is 123 cm³/mol. The summed E-state index contributed by atoms with van der Waals surface area (Å²) in [6.07, 6.45) is 1.51. The molecule has 3 aromatic carbocycles. The Bertz CT molecular complexity index is 1220. The highest BCUT2D eigenvalue weighted by Crippen LogP contribution is 2.27. The number of hydrogen-bond donors (Lipinski definition) is 2. The Morgan fingerprint density at radius 1 is 0.903 bits per heavy atom. The number of nitrogens with zero attached hydrogens (tertiary/aromatic N) is 2. The molecule has 0 aliphatic heterocycles. The minimum absolute atomic E-state index is 0.252. The highest BCUT2D eigenvalue weighted by molar-refractivity contribution is 6.32. The van der Waals surface area contributed by atoms with Crippen molar-refractivity contribution >= 4 is 34.7 Å². The number of halogens is 1. The SMILES string of the molecule is COc1ccc(NC(=O)c2cccc(Nc3cc(-c4ccccc4)ncn3)c2)cc1Cl. The third kappa shape index (κ3) is 4.99. The molecule has 4 aromatic rings. The van der Waals surface area contributed by atoms with Gasteiger partial charge in [-0.25, -0.2) is 9.97 Å². The van der Waals surface area contributed by atoms with Gasteiger partial charge < -0.3 is 15.4 Å². The van der Waals surface area contributed by atoms with Crippen LogP contribution >= 0.6 is 11.6 Å². The molecule has 0 radical (unpaired) electrons. The van der Waals surface area contributed by atoms with Crippen molar-refractivity contribution < 1.29 is 9.53 Å². The van der Waals surface area contributed by atoms with Gasteiger partial charge in [-0.3, -0.25) is 4.79 Å². The number of ether oxygens (including phenoxy) is 1. The summed E-state index contributed by atoms with van der Waals surface area (Å²) in [5.41, 5.74) is 3.62. The summed E-state index contributed by atoms with van der Waals surface area (Å²) in [5, 5.41) is 6.49. The van der Waals surface area contributed by atoms with Gasteiger partial charge in [-0.05, 0) is 36.4 Å². The van der Waals surface area contributed by atoms with Gasteiger partial charge in [0, 0.05) is 28.6 Å². The predicted octanol–water partition coefficient (Wildman–Crippen LogP) is 5.80. The van der Waals surface area contributed by atoms with Gasteiger partial charge in [-0.2, -0.15) is 0 Å². The first-order chi connectivity index (χ1) is 15.1. The highest BCUT2D eigenvalue weighted by atomic mass is 35.5. The third-order valence-electron chi connectivity index (χ3n) is 4.54. The molecule has 4 rings (SSSR count). The van der Waals surface area contributed by atoms with Gasteiger partial charge in [0.05, 0.1) is 17.8 Å². The van der Waals surface area contributed by atoms with Crippen molar-refractivity contribution in [3.63, 3.8) is 0 Å². The van der Waals surface area contributed by atoms with Gasteiger partial charge in [-0.1, -0.05) is 48.0 Å². The van der Waals surface area contributed by atoms with Crippen molar-refractivity contribution in [1.82, 2.24) is 9.97 Å². The molecule has 1 heterocycles. The second kappa shape index (κ2) is 9.28. The lowest BCUT2D eigenvalue weighted by atomic mass is 10.1. The first kappa shape index (κ1) is 20.4. The average Bonchev–Trinajstić information content (AvgIpc) is 2.80. The summed E-state index contributed by atoms with van der Waals surface area (Å²) in [6.45, 7) is 0. The maximum Gasteiger partial charge on any atom is 0.255 e. The van der Waals surface area contributed by atoms with Crippen LogP contribution in [0.4, 0.5) is 17.2 Å². The van der Waals surface area contributed by atoms with Crippen molar-refractivity contribution in [3.05, 3.63) is 95.8 Å². The van der Waals surface area contributed by atoms with Crippen LogP contribution in [-0.2, 0) is 0 Å². The molecule has 31 heavy (non-hydrogen) atoms. The summed E-state index contributed by atoms with van der Waals surface area (Å²) < 4.78 is 5.14. The van der Waals surface area contributed by atoms with E-state index in [1.807, 2.05) is 42.5 Å². The molecule has 0 spiro atoms. The number of carbonyl (C=O) groups is 1. The van der Waals surface area contributed by atoms with E-state index < -0.39 is 0 Å². The molecular formula is C24H19ClN4O2. The Balaban J connectivity index is 1.50. The van der Waals surface area contributed by atoms with E-state index in [0.717, 1.165) is 16.9 Å². The molecule has 0 bridgehead atoms. The Kier molecular flexibility index (Phi) is 6.10. The van der Waals surface area contributed by atoms with Crippen LogP contribution in [0.2, 0.25) is 5.02 Å². The van der Waals surface area contributed by atoms with Crippen LogP contribution in [0.15, 0.2) is 85.2 Å². The van der Waals surface area contributed by atoms with Crippen molar-refractivity contribution in [3.8, 4) is 17.0 Å². The molecule has 0 aliphatic carbocycles. The number of aromatic nitrogens is 2. The zero-order valence-electron chi connectivity index (χ0n) is 16.7. The van der Waals surface area contributed by atoms with Crippen LogP contribution < -0.4 is 15.4 Å². The fourth-order valence-corrected chi connectivity index (χ4v) is 3.28. The zero-order chi connectivity index (χ0) is 21.6. The van der Waals surface area contributed by atoms with E-state index in [2.05, 4.69) is 20.6 Å². The van der Waals surface area contributed by atoms with Crippen LogP contribution in [0.5, 0.6) is 5.75 Å². The molecule has 0 saturated carbocycles. The standard InChI is InChI=1S/C24H19ClN4O2/c1-31-22-11-10-19(13-20(22)25)29-24(30)17-8-5-9-18(12-17)28-23-14-21(26-15-27-23)16-6-3-2-4-7-16/h2-15H,1H3,(H,29,30)(H,26,27,28). The fraction of sp³-hybridized carbons (Fsp3) is 0.0417. The molecule has 0 aliphatic rings. The number of amides is 1. The molecule has 0 saturated heterocycles. The molecule has 2 N–H and O–H groups in total. The molecule has 1 aromatic heterocycles. The summed E-state index contributed by atoms with van der Waals surface area (Å²) >= 11 is 6.13. The van der Waals surface area contributed by atoms with Gasteiger partial charge in [0.15, 0.2) is 0 Å². The van der Waals surface area contributed by atoms with Gasteiger partial charge in [-0.15, -0.1) is 0 Å². The van der Waals surface area contributed by atoms with E-state index in [9.17, 15) is 4.79 Å². The smallest absolute Gasteiger partial charge is 0.255 e. The Hall–Kier alpha value is -3.90.